The SMILES string of the molecule is CCC=C(C)C(CCCCC)OCC. The van der Waals surface area contributed by atoms with Gasteiger partial charge < -0.3 is 4.74 Å². The Balaban J connectivity index is 3.93. The second kappa shape index (κ2) is 9.26. The maximum Gasteiger partial charge on any atom is 0.0782 e. The average Bonchev–Trinajstić information content (AvgIpc) is 2.17. The topological polar surface area (TPSA) is 9.23 Å². The van der Waals surface area contributed by atoms with Crippen LogP contribution in [0.15, 0.2) is 11.6 Å². The van der Waals surface area contributed by atoms with Gasteiger partial charge in [0.25, 0.3) is 0 Å². The Kier molecular flexibility index (Phi) is 9.06. The van der Waals surface area contributed by atoms with E-state index in [-0.39, 0.29) is 0 Å². The van der Waals surface area contributed by atoms with Crippen LogP contribution in [0.4, 0.5) is 0 Å². The summed E-state index contributed by atoms with van der Waals surface area (Å²) in [4.78, 5) is 0. The smallest absolute Gasteiger partial charge is 0.0782 e. The fourth-order valence-electron chi connectivity index (χ4n) is 1.68. The Labute approximate surface area is 89.5 Å². The first-order valence-corrected chi connectivity index (χ1v) is 6.04. The molecule has 0 aliphatic heterocycles. The minimum Gasteiger partial charge on any atom is -0.374 e. The minimum absolute atomic E-state index is 0.367. The van der Waals surface area contributed by atoms with E-state index in [0.29, 0.717) is 6.10 Å². The molecule has 0 radical (unpaired) electrons. The standard InChI is InChI=1S/C13H26O/c1-5-8-9-11-13(14-7-3)12(4)10-6-2/h10,13H,5-9,11H2,1-4H3. The van der Waals surface area contributed by atoms with Crippen molar-refractivity contribution in [1.82, 2.24) is 0 Å². The minimum atomic E-state index is 0.367. The molecular weight excluding hydrogens is 172 g/mol. The molecule has 0 aromatic rings. The third-order valence-corrected chi connectivity index (χ3v) is 2.47. The highest BCUT2D eigenvalue weighted by molar-refractivity contribution is 5.04. The predicted octanol–water partition coefficient (Wildman–Crippen LogP) is 4.33. The maximum absolute atomic E-state index is 5.73. The summed E-state index contributed by atoms with van der Waals surface area (Å²) in [6.45, 7) is 9.51. The van der Waals surface area contributed by atoms with Crippen molar-refractivity contribution in [3.05, 3.63) is 11.6 Å². The van der Waals surface area contributed by atoms with E-state index >= 15 is 0 Å². The lowest BCUT2D eigenvalue weighted by atomic mass is 10.0. The molecule has 0 aromatic carbocycles. The molecule has 0 saturated carbocycles. The normalized spacial score (nSPS) is 14.4. The highest BCUT2D eigenvalue weighted by atomic mass is 16.5. The van der Waals surface area contributed by atoms with E-state index in [2.05, 4.69) is 33.8 Å². The fourth-order valence-corrected chi connectivity index (χ4v) is 1.68. The highest BCUT2D eigenvalue weighted by Gasteiger charge is 2.09. The molecule has 0 aromatic heterocycles. The molecule has 0 rings (SSSR count). The number of rotatable bonds is 8. The number of hydrogen-bond donors (Lipinski definition) is 0. The number of ether oxygens (including phenoxy) is 1. The molecule has 0 amide bonds. The predicted molar refractivity (Wildman–Crippen MR) is 63.6 cm³/mol. The maximum atomic E-state index is 5.73. The van der Waals surface area contributed by atoms with Crippen LogP contribution < -0.4 is 0 Å². The van der Waals surface area contributed by atoms with Crippen LogP contribution in [-0.2, 0) is 4.74 Å². The van der Waals surface area contributed by atoms with Gasteiger partial charge in [-0.05, 0) is 32.3 Å². The van der Waals surface area contributed by atoms with Crippen molar-refractivity contribution in [3.63, 3.8) is 0 Å². The van der Waals surface area contributed by atoms with Gasteiger partial charge in [-0.2, -0.15) is 0 Å². The van der Waals surface area contributed by atoms with Crippen LogP contribution in [0, 0.1) is 0 Å². The monoisotopic (exact) mass is 198 g/mol. The van der Waals surface area contributed by atoms with Crippen molar-refractivity contribution in [3.8, 4) is 0 Å². The van der Waals surface area contributed by atoms with Gasteiger partial charge in [-0.15, -0.1) is 0 Å². The van der Waals surface area contributed by atoms with Gasteiger partial charge in [0.15, 0.2) is 0 Å². The first-order chi connectivity index (χ1) is 6.76. The quantitative estimate of drug-likeness (QED) is 0.417. The van der Waals surface area contributed by atoms with Crippen LogP contribution in [0.2, 0.25) is 0 Å². The van der Waals surface area contributed by atoms with E-state index in [0.717, 1.165) is 13.0 Å². The molecule has 0 fully saturated rings. The van der Waals surface area contributed by atoms with Crippen LogP contribution in [0.25, 0.3) is 0 Å². The van der Waals surface area contributed by atoms with Gasteiger partial charge in [0.05, 0.1) is 6.10 Å². The first kappa shape index (κ1) is 13.7. The summed E-state index contributed by atoms with van der Waals surface area (Å²) in [7, 11) is 0. The zero-order valence-corrected chi connectivity index (χ0v) is 10.3. The summed E-state index contributed by atoms with van der Waals surface area (Å²) in [6.07, 6.45) is 8.85. The molecule has 0 aliphatic carbocycles. The molecule has 0 saturated heterocycles. The molecule has 1 atom stereocenters. The molecule has 0 heterocycles. The van der Waals surface area contributed by atoms with Crippen molar-refractivity contribution in [2.24, 2.45) is 0 Å². The molecule has 1 nitrogen and oxygen atoms in total. The Hall–Kier alpha value is -0.300. The second-order valence-corrected chi connectivity index (χ2v) is 3.80. The largest absolute Gasteiger partial charge is 0.374 e. The van der Waals surface area contributed by atoms with Crippen LogP contribution >= 0.6 is 0 Å². The van der Waals surface area contributed by atoms with Crippen LogP contribution in [0.1, 0.15) is 59.8 Å². The molecule has 0 N–H and O–H groups in total. The Morgan fingerprint density at radius 1 is 1.21 bits per heavy atom. The molecule has 0 spiro atoms. The summed E-state index contributed by atoms with van der Waals surface area (Å²) in [6, 6.07) is 0. The summed E-state index contributed by atoms with van der Waals surface area (Å²) >= 11 is 0. The average molecular weight is 198 g/mol. The molecule has 0 bridgehead atoms. The molecule has 1 heteroatoms. The second-order valence-electron chi connectivity index (χ2n) is 3.80. The lowest BCUT2D eigenvalue weighted by Gasteiger charge is -2.17. The summed E-state index contributed by atoms with van der Waals surface area (Å²) < 4.78 is 5.73. The van der Waals surface area contributed by atoms with Gasteiger partial charge in [0.1, 0.15) is 0 Å². The van der Waals surface area contributed by atoms with Gasteiger partial charge in [-0.25, -0.2) is 0 Å². The lowest BCUT2D eigenvalue weighted by molar-refractivity contribution is 0.0800. The van der Waals surface area contributed by atoms with E-state index < -0.39 is 0 Å². The van der Waals surface area contributed by atoms with E-state index in [1.807, 2.05) is 0 Å². The van der Waals surface area contributed by atoms with Crippen LogP contribution in [-0.4, -0.2) is 12.7 Å². The molecule has 84 valence electrons. The summed E-state index contributed by atoms with van der Waals surface area (Å²) in [5, 5.41) is 0. The lowest BCUT2D eigenvalue weighted by Crippen LogP contribution is -2.14. The molecule has 14 heavy (non-hydrogen) atoms. The number of unbranched alkanes of at least 4 members (excludes halogenated alkanes) is 2. The fraction of sp³-hybridized carbons (Fsp3) is 0.846. The van der Waals surface area contributed by atoms with Crippen molar-refractivity contribution in [2.45, 2.75) is 65.9 Å². The van der Waals surface area contributed by atoms with Gasteiger partial charge >= 0.3 is 0 Å². The summed E-state index contributed by atoms with van der Waals surface area (Å²) in [5.74, 6) is 0. The molecule has 1 unspecified atom stereocenters. The number of allylic oxidation sites excluding steroid dienone is 1. The van der Waals surface area contributed by atoms with E-state index in [1.54, 1.807) is 0 Å². The third kappa shape index (κ3) is 6.20. The van der Waals surface area contributed by atoms with Crippen molar-refractivity contribution in [1.29, 1.82) is 0 Å². The van der Waals surface area contributed by atoms with Gasteiger partial charge in [-0.3, -0.25) is 0 Å². The van der Waals surface area contributed by atoms with E-state index in [4.69, 9.17) is 4.74 Å². The first-order valence-electron chi connectivity index (χ1n) is 6.04. The van der Waals surface area contributed by atoms with Crippen molar-refractivity contribution in [2.75, 3.05) is 6.61 Å². The Bertz CT molecular complexity index is 149. The zero-order chi connectivity index (χ0) is 10.8. The Morgan fingerprint density at radius 3 is 2.43 bits per heavy atom. The third-order valence-electron chi connectivity index (χ3n) is 2.47. The van der Waals surface area contributed by atoms with Gasteiger partial charge in [0, 0.05) is 6.61 Å². The Morgan fingerprint density at radius 2 is 1.93 bits per heavy atom. The van der Waals surface area contributed by atoms with Gasteiger partial charge in [0.2, 0.25) is 0 Å². The highest BCUT2D eigenvalue weighted by Crippen LogP contribution is 2.15. The summed E-state index contributed by atoms with van der Waals surface area (Å²) in [5.41, 5.74) is 1.41. The molecule has 0 aliphatic rings. The van der Waals surface area contributed by atoms with E-state index in [1.165, 1.54) is 31.3 Å². The van der Waals surface area contributed by atoms with Crippen molar-refractivity contribution >= 4 is 0 Å². The van der Waals surface area contributed by atoms with Gasteiger partial charge in [-0.1, -0.05) is 39.2 Å². The van der Waals surface area contributed by atoms with Crippen molar-refractivity contribution < 1.29 is 4.74 Å². The van der Waals surface area contributed by atoms with Crippen LogP contribution in [0.5, 0.6) is 0 Å². The van der Waals surface area contributed by atoms with Crippen LogP contribution in [0.3, 0.4) is 0 Å². The molecular formula is C13H26O. The van der Waals surface area contributed by atoms with E-state index in [9.17, 15) is 0 Å². The zero-order valence-electron chi connectivity index (χ0n) is 10.3. The number of hydrogen-bond acceptors (Lipinski definition) is 1.